The van der Waals surface area contributed by atoms with E-state index in [-0.39, 0.29) is 10.5 Å². The van der Waals surface area contributed by atoms with Crippen LogP contribution in [0.2, 0.25) is 0 Å². The standard InChI is InChI=1S/C21H17N3O3S/c1-15-8-10-18(11-9-15)24-28(26,27)20-7-3-5-17(13-20)21(25)23-19-6-2-4-16(12-19)14-22/h2-13,24H,1H3,(H,23,25). The van der Waals surface area contributed by atoms with E-state index in [0.29, 0.717) is 16.9 Å². The Bertz CT molecular complexity index is 1160. The first kappa shape index (κ1) is 19.1. The molecule has 0 aliphatic heterocycles. The van der Waals surface area contributed by atoms with Crippen LogP contribution in [0.15, 0.2) is 77.7 Å². The van der Waals surface area contributed by atoms with Crippen LogP contribution < -0.4 is 10.0 Å². The summed E-state index contributed by atoms with van der Waals surface area (Å²) < 4.78 is 27.7. The maximum atomic E-state index is 12.6. The Morgan fingerprint density at radius 2 is 1.64 bits per heavy atom. The summed E-state index contributed by atoms with van der Waals surface area (Å²) in [6, 6.07) is 21.2. The first-order valence-electron chi connectivity index (χ1n) is 8.38. The molecule has 0 aliphatic rings. The minimum Gasteiger partial charge on any atom is -0.322 e. The molecule has 0 unspecified atom stereocenters. The molecule has 7 heteroatoms. The number of carbonyl (C=O) groups excluding carboxylic acids is 1. The van der Waals surface area contributed by atoms with Crippen molar-refractivity contribution >= 4 is 27.3 Å². The van der Waals surface area contributed by atoms with E-state index in [9.17, 15) is 13.2 Å². The molecule has 0 radical (unpaired) electrons. The first-order valence-corrected chi connectivity index (χ1v) is 9.87. The van der Waals surface area contributed by atoms with Crippen LogP contribution in [0, 0.1) is 18.3 Å². The van der Waals surface area contributed by atoms with Crippen LogP contribution in [-0.2, 0) is 10.0 Å². The average Bonchev–Trinajstić information content (AvgIpc) is 2.70. The lowest BCUT2D eigenvalue weighted by Crippen LogP contribution is -2.16. The number of hydrogen-bond acceptors (Lipinski definition) is 4. The Labute approximate surface area is 163 Å². The molecule has 3 rings (SSSR count). The maximum absolute atomic E-state index is 12.6. The van der Waals surface area contributed by atoms with Crippen LogP contribution in [0.3, 0.4) is 0 Å². The number of rotatable bonds is 5. The molecule has 0 spiro atoms. The second kappa shape index (κ2) is 7.94. The smallest absolute Gasteiger partial charge is 0.261 e. The van der Waals surface area contributed by atoms with Crippen LogP contribution in [0.4, 0.5) is 11.4 Å². The molecule has 0 atom stereocenters. The Kier molecular flexibility index (Phi) is 5.43. The molecule has 3 aromatic carbocycles. The van der Waals surface area contributed by atoms with E-state index < -0.39 is 15.9 Å². The summed E-state index contributed by atoms with van der Waals surface area (Å²) in [7, 11) is -3.84. The van der Waals surface area contributed by atoms with Gasteiger partial charge in [0.2, 0.25) is 0 Å². The Balaban J connectivity index is 1.81. The van der Waals surface area contributed by atoms with Crippen molar-refractivity contribution in [3.05, 3.63) is 89.5 Å². The van der Waals surface area contributed by atoms with Crippen molar-refractivity contribution in [3.63, 3.8) is 0 Å². The zero-order chi connectivity index (χ0) is 20.1. The van der Waals surface area contributed by atoms with Gasteiger partial charge in [-0.1, -0.05) is 29.8 Å². The van der Waals surface area contributed by atoms with Gasteiger partial charge in [-0.3, -0.25) is 9.52 Å². The van der Waals surface area contributed by atoms with Gasteiger partial charge in [0.1, 0.15) is 0 Å². The molecule has 0 aromatic heterocycles. The first-order chi connectivity index (χ1) is 13.4. The predicted molar refractivity (Wildman–Crippen MR) is 108 cm³/mol. The fourth-order valence-corrected chi connectivity index (χ4v) is 3.61. The minimum atomic E-state index is -3.84. The van der Waals surface area contributed by atoms with Crippen LogP contribution in [-0.4, -0.2) is 14.3 Å². The van der Waals surface area contributed by atoms with Gasteiger partial charge in [-0.15, -0.1) is 0 Å². The van der Waals surface area contributed by atoms with Gasteiger partial charge in [-0.2, -0.15) is 5.26 Å². The third-order valence-corrected chi connectivity index (χ3v) is 5.34. The number of sulfonamides is 1. The molecule has 0 heterocycles. The highest BCUT2D eigenvalue weighted by atomic mass is 32.2. The maximum Gasteiger partial charge on any atom is 0.261 e. The lowest BCUT2D eigenvalue weighted by atomic mass is 10.2. The molecule has 0 aliphatic carbocycles. The molecule has 0 bridgehead atoms. The second-order valence-corrected chi connectivity index (χ2v) is 7.83. The van der Waals surface area contributed by atoms with Crippen molar-refractivity contribution in [2.75, 3.05) is 10.0 Å². The van der Waals surface area contributed by atoms with E-state index in [1.807, 2.05) is 13.0 Å². The highest BCUT2D eigenvalue weighted by Gasteiger charge is 2.16. The van der Waals surface area contributed by atoms with Gasteiger partial charge in [0.25, 0.3) is 15.9 Å². The van der Waals surface area contributed by atoms with E-state index in [0.717, 1.165) is 5.56 Å². The Hall–Kier alpha value is -3.63. The molecular weight excluding hydrogens is 374 g/mol. The number of aryl methyl sites for hydroxylation is 1. The Morgan fingerprint density at radius 3 is 2.36 bits per heavy atom. The van der Waals surface area contributed by atoms with E-state index in [4.69, 9.17) is 5.26 Å². The number of hydrogen-bond donors (Lipinski definition) is 2. The molecule has 0 saturated carbocycles. The van der Waals surface area contributed by atoms with Gasteiger partial charge < -0.3 is 5.32 Å². The number of amides is 1. The van der Waals surface area contributed by atoms with Gasteiger partial charge in [0, 0.05) is 16.9 Å². The summed E-state index contributed by atoms with van der Waals surface area (Å²) in [4.78, 5) is 12.5. The summed E-state index contributed by atoms with van der Waals surface area (Å²) >= 11 is 0. The number of nitrogens with zero attached hydrogens (tertiary/aromatic N) is 1. The molecule has 140 valence electrons. The molecule has 3 aromatic rings. The van der Waals surface area contributed by atoms with Crippen molar-refractivity contribution in [3.8, 4) is 6.07 Å². The number of anilines is 2. The van der Waals surface area contributed by atoms with Crippen LogP contribution in [0.1, 0.15) is 21.5 Å². The zero-order valence-corrected chi connectivity index (χ0v) is 15.8. The van der Waals surface area contributed by atoms with Crippen molar-refractivity contribution in [1.29, 1.82) is 5.26 Å². The van der Waals surface area contributed by atoms with Gasteiger partial charge in [0.15, 0.2) is 0 Å². The minimum absolute atomic E-state index is 0.0218. The van der Waals surface area contributed by atoms with Crippen LogP contribution in [0.5, 0.6) is 0 Å². The third kappa shape index (κ3) is 4.55. The number of nitrogens with one attached hydrogen (secondary N) is 2. The van der Waals surface area contributed by atoms with Gasteiger partial charge >= 0.3 is 0 Å². The molecular formula is C21H17N3O3S. The lowest BCUT2D eigenvalue weighted by molar-refractivity contribution is 0.102. The molecule has 28 heavy (non-hydrogen) atoms. The van der Waals surface area contributed by atoms with E-state index in [2.05, 4.69) is 10.0 Å². The largest absolute Gasteiger partial charge is 0.322 e. The predicted octanol–water partition coefficient (Wildman–Crippen LogP) is 3.92. The van der Waals surface area contributed by atoms with E-state index in [1.165, 1.54) is 30.3 Å². The van der Waals surface area contributed by atoms with E-state index in [1.54, 1.807) is 42.5 Å². The third-order valence-electron chi connectivity index (χ3n) is 3.96. The zero-order valence-electron chi connectivity index (χ0n) is 15.0. The van der Waals surface area contributed by atoms with Gasteiger partial charge in [0.05, 0.1) is 16.5 Å². The molecule has 1 amide bonds. The fourth-order valence-electron chi connectivity index (χ4n) is 2.51. The van der Waals surface area contributed by atoms with E-state index >= 15 is 0 Å². The molecule has 6 nitrogen and oxygen atoms in total. The highest BCUT2D eigenvalue weighted by molar-refractivity contribution is 7.92. The quantitative estimate of drug-likeness (QED) is 0.688. The normalized spacial score (nSPS) is 10.7. The van der Waals surface area contributed by atoms with Crippen molar-refractivity contribution in [2.45, 2.75) is 11.8 Å². The molecule has 2 N–H and O–H groups in total. The average molecular weight is 391 g/mol. The van der Waals surface area contributed by atoms with Crippen molar-refractivity contribution in [1.82, 2.24) is 0 Å². The lowest BCUT2D eigenvalue weighted by Gasteiger charge is -2.10. The summed E-state index contributed by atoms with van der Waals surface area (Å²) in [5, 5.41) is 11.6. The SMILES string of the molecule is Cc1ccc(NS(=O)(=O)c2cccc(C(=O)Nc3cccc(C#N)c3)c2)cc1. The summed E-state index contributed by atoms with van der Waals surface area (Å²) in [6.07, 6.45) is 0. The van der Waals surface area contributed by atoms with Gasteiger partial charge in [-0.05, 0) is 55.5 Å². The number of carbonyl (C=O) groups is 1. The van der Waals surface area contributed by atoms with Crippen molar-refractivity contribution in [2.24, 2.45) is 0 Å². The highest BCUT2D eigenvalue weighted by Crippen LogP contribution is 2.19. The number of benzene rings is 3. The Morgan fingerprint density at radius 1 is 0.929 bits per heavy atom. The van der Waals surface area contributed by atoms with Crippen LogP contribution >= 0.6 is 0 Å². The summed E-state index contributed by atoms with van der Waals surface area (Å²) in [5.74, 6) is -0.470. The summed E-state index contributed by atoms with van der Waals surface area (Å²) in [6.45, 7) is 1.91. The van der Waals surface area contributed by atoms with Crippen molar-refractivity contribution < 1.29 is 13.2 Å². The topological polar surface area (TPSA) is 99.1 Å². The van der Waals surface area contributed by atoms with Crippen LogP contribution in [0.25, 0.3) is 0 Å². The summed E-state index contributed by atoms with van der Waals surface area (Å²) in [5.41, 5.74) is 2.51. The second-order valence-electron chi connectivity index (χ2n) is 6.15. The fraction of sp³-hybridized carbons (Fsp3) is 0.0476. The monoisotopic (exact) mass is 391 g/mol. The molecule has 0 fully saturated rings. The number of nitriles is 1. The van der Waals surface area contributed by atoms with Gasteiger partial charge in [-0.25, -0.2) is 8.42 Å². The molecule has 0 saturated heterocycles.